The van der Waals surface area contributed by atoms with Crippen LogP contribution < -0.4 is 0 Å². The number of hydrogen-bond donors (Lipinski definition) is 1. The molecule has 0 radical (unpaired) electrons. The third kappa shape index (κ3) is 3.49. The Kier molecular flexibility index (Phi) is 4.14. The molecular formula is C12H23NO2. The zero-order valence-corrected chi connectivity index (χ0v) is 10.1. The first-order valence-electron chi connectivity index (χ1n) is 5.92. The molecule has 15 heavy (non-hydrogen) atoms. The molecule has 3 nitrogen and oxygen atoms in total. The second-order valence-corrected chi connectivity index (χ2v) is 5.26. The summed E-state index contributed by atoms with van der Waals surface area (Å²) in [5, 5.41) is 8.79. The lowest BCUT2D eigenvalue weighted by molar-refractivity contribution is -0.139. The van der Waals surface area contributed by atoms with Gasteiger partial charge < -0.3 is 5.11 Å². The molecule has 88 valence electrons. The van der Waals surface area contributed by atoms with Crippen LogP contribution in [0.2, 0.25) is 0 Å². The summed E-state index contributed by atoms with van der Waals surface area (Å²) in [5.41, 5.74) is 0.255. The Morgan fingerprint density at radius 1 is 1.53 bits per heavy atom. The minimum atomic E-state index is -0.656. The van der Waals surface area contributed by atoms with Crippen molar-refractivity contribution < 1.29 is 9.90 Å². The SMILES string of the molecule is CCCN1CC(CC(=O)O)CCC1(C)C. The minimum absolute atomic E-state index is 0.255. The van der Waals surface area contributed by atoms with Gasteiger partial charge >= 0.3 is 5.97 Å². The lowest BCUT2D eigenvalue weighted by Crippen LogP contribution is -2.50. The van der Waals surface area contributed by atoms with E-state index in [0.29, 0.717) is 12.3 Å². The van der Waals surface area contributed by atoms with Gasteiger partial charge in [0, 0.05) is 18.5 Å². The number of carbonyl (C=O) groups is 1. The summed E-state index contributed by atoms with van der Waals surface area (Å²) in [5.74, 6) is -0.307. The molecule has 1 unspecified atom stereocenters. The van der Waals surface area contributed by atoms with Gasteiger partial charge in [-0.1, -0.05) is 6.92 Å². The van der Waals surface area contributed by atoms with Gasteiger partial charge in [-0.05, 0) is 45.6 Å². The fourth-order valence-corrected chi connectivity index (χ4v) is 2.44. The highest BCUT2D eigenvalue weighted by Gasteiger charge is 2.33. The number of hydrogen-bond acceptors (Lipinski definition) is 2. The Bertz CT molecular complexity index is 226. The van der Waals surface area contributed by atoms with Crippen LogP contribution in [0.3, 0.4) is 0 Å². The molecule has 0 spiro atoms. The Morgan fingerprint density at radius 2 is 2.20 bits per heavy atom. The molecule has 1 heterocycles. The van der Waals surface area contributed by atoms with E-state index in [-0.39, 0.29) is 5.54 Å². The monoisotopic (exact) mass is 213 g/mol. The van der Waals surface area contributed by atoms with Crippen LogP contribution in [0.25, 0.3) is 0 Å². The van der Waals surface area contributed by atoms with Gasteiger partial charge in [-0.2, -0.15) is 0 Å². The molecule has 0 aliphatic carbocycles. The highest BCUT2D eigenvalue weighted by molar-refractivity contribution is 5.67. The molecule has 0 bridgehead atoms. The van der Waals surface area contributed by atoms with Crippen LogP contribution in [0.5, 0.6) is 0 Å². The summed E-state index contributed by atoms with van der Waals surface area (Å²) in [6.07, 6.45) is 3.64. The van der Waals surface area contributed by atoms with Gasteiger partial charge in [0.05, 0.1) is 0 Å². The molecule has 1 atom stereocenters. The molecule has 1 rings (SSSR count). The number of piperidine rings is 1. The lowest BCUT2D eigenvalue weighted by Gasteiger charge is -2.45. The molecule has 1 saturated heterocycles. The summed E-state index contributed by atoms with van der Waals surface area (Å²) in [4.78, 5) is 13.1. The predicted octanol–water partition coefficient (Wildman–Crippen LogP) is 2.36. The smallest absolute Gasteiger partial charge is 0.303 e. The number of carboxylic acids is 1. The largest absolute Gasteiger partial charge is 0.481 e. The fourth-order valence-electron chi connectivity index (χ4n) is 2.44. The highest BCUT2D eigenvalue weighted by Crippen LogP contribution is 2.31. The lowest BCUT2D eigenvalue weighted by atomic mass is 9.83. The number of aliphatic carboxylic acids is 1. The Balaban J connectivity index is 2.54. The third-order valence-corrected chi connectivity index (χ3v) is 3.46. The van der Waals surface area contributed by atoms with E-state index in [0.717, 1.165) is 32.4 Å². The standard InChI is InChI=1S/C12H23NO2/c1-4-7-13-9-10(8-11(14)15)5-6-12(13,2)3/h10H,4-9H2,1-3H3,(H,14,15). The number of likely N-dealkylation sites (tertiary alicyclic amines) is 1. The Morgan fingerprint density at radius 3 is 2.73 bits per heavy atom. The van der Waals surface area contributed by atoms with Crippen LogP contribution in [0.1, 0.15) is 46.5 Å². The van der Waals surface area contributed by atoms with Gasteiger partial charge in [0.1, 0.15) is 0 Å². The van der Waals surface area contributed by atoms with Gasteiger partial charge in [0.25, 0.3) is 0 Å². The maximum absolute atomic E-state index is 10.7. The van der Waals surface area contributed by atoms with Gasteiger partial charge in [-0.25, -0.2) is 0 Å². The first kappa shape index (κ1) is 12.5. The van der Waals surface area contributed by atoms with E-state index < -0.39 is 5.97 Å². The quantitative estimate of drug-likeness (QED) is 0.779. The second kappa shape index (κ2) is 4.97. The van der Waals surface area contributed by atoms with E-state index >= 15 is 0 Å². The van der Waals surface area contributed by atoms with Gasteiger partial charge in [-0.15, -0.1) is 0 Å². The molecule has 1 aliphatic heterocycles. The molecule has 1 aliphatic rings. The van der Waals surface area contributed by atoms with E-state index in [1.165, 1.54) is 0 Å². The first-order valence-corrected chi connectivity index (χ1v) is 5.92. The number of rotatable bonds is 4. The van der Waals surface area contributed by atoms with E-state index in [2.05, 4.69) is 25.7 Å². The summed E-state index contributed by atoms with van der Waals surface area (Å²) in [6.45, 7) is 8.74. The Labute approximate surface area is 92.5 Å². The fraction of sp³-hybridized carbons (Fsp3) is 0.917. The van der Waals surface area contributed by atoms with Crippen molar-refractivity contribution in [1.29, 1.82) is 0 Å². The zero-order chi connectivity index (χ0) is 11.5. The van der Waals surface area contributed by atoms with Crippen LogP contribution in [0, 0.1) is 5.92 Å². The van der Waals surface area contributed by atoms with Crippen LogP contribution in [0.4, 0.5) is 0 Å². The van der Waals surface area contributed by atoms with Crippen molar-refractivity contribution in [2.45, 2.75) is 52.0 Å². The molecule has 0 aromatic heterocycles. The van der Waals surface area contributed by atoms with Crippen molar-refractivity contribution in [2.75, 3.05) is 13.1 Å². The minimum Gasteiger partial charge on any atom is -0.481 e. The second-order valence-electron chi connectivity index (χ2n) is 5.26. The van der Waals surface area contributed by atoms with E-state index in [1.807, 2.05) is 0 Å². The van der Waals surface area contributed by atoms with Crippen molar-refractivity contribution in [3.63, 3.8) is 0 Å². The van der Waals surface area contributed by atoms with Crippen molar-refractivity contribution >= 4 is 5.97 Å². The zero-order valence-electron chi connectivity index (χ0n) is 10.1. The average Bonchev–Trinajstić information content (AvgIpc) is 2.11. The van der Waals surface area contributed by atoms with Gasteiger partial charge in [0.2, 0.25) is 0 Å². The summed E-state index contributed by atoms with van der Waals surface area (Å²) < 4.78 is 0. The molecular weight excluding hydrogens is 190 g/mol. The third-order valence-electron chi connectivity index (χ3n) is 3.46. The van der Waals surface area contributed by atoms with E-state index in [4.69, 9.17) is 5.11 Å². The molecule has 0 aromatic carbocycles. The first-order chi connectivity index (χ1) is 6.95. The highest BCUT2D eigenvalue weighted by atomic mass is 16.4. The maximum Gasteiger partial charge on any atom is 0.303 e. The maximum atomic E-state index is 10.7. The molecule has 0 saturated carbocycles. The molecule has 0 amide bonds. The van der Waals surface area contributed by atoms with Crippen LogP contribution in [0.15, 0.2) is 0 Å². The van der Waals surface area contributed by atoms with E-state index in [1.54, 1.807) is 0 Å². The predicted molar refractivity (Wildman–Crippen MR) is 60.9 cm³/mol. The number of nitrogens with zero attached hydrogens (tertiary/aromatic N) is 1. The molecule has 1 fully saturated rings. The van der Waals surface area contributed by atoms with Crippen molar-refractivity contribution in [2.24, 2.45) is 5.92 Å². The summed E-state index contributed by atoms with van der Waals surface area (Å²) >= 11 is 0. The van der Waals surface area contributed by atoms with Gasteiger partial charge in [-0.3, -0.25) is 9.69 Å². The normalized spacial score (nSPS) is 26.5. The van der Waals surface area contributed by atoms with Crippen LogP contribution in [-0.4, -0.2) is 34.6 Å². The van der Waals surface area contributed by atoms with Crippen LogP contribution >= 0.6 is 0 Å². The van der Waals surface area contributed by atoms with Gasteiger partial charge in [0.15, 0.2) is 0 Å². The number of carboxylic acid groups (broad SMARTS) is 1. The average molecular weight is 213 g/mol. The van der Waals surface area contributed by atoms with Crippen molar-refractivity contribution in [3.8, 4) is 0 Å². The molecule has 3 heteroatoms. The van der Waals surface area contributed by atoms with Crippen molar-refractivity contribution in [3.05, 3.63) is 0 Å². The van der Waals surface area contributed by atoms with Crippen LogP contribution in [-0.2, 0) is 4.79 Å². The van der Waals surface area contributed by atoms with Crippen molar-refractivity contribution in [1.82, 2.24) is 4.90 Å². The summed E-state index contributed by atoms with van der Waals surface area (Å²) in [7, 11) is 0. The molecule has 0 aromatic rings. The molecule has 1 N–H and O–H groups in total. The Hall–Kier alpha value is -0.570. The van der Waals surface area contributed by atoms with E-state index in [9.17, 15) is 4.79 Å². The summed E-state index contributed by atoms with van der Waals surface area (Å²) in [6, 6.07) is 0. The topological polar surface area (TPSA) is 40.5 Å².